The van der Waals surface area contributed by atoms with Crippen LogP contribution in [0.2, 0.25) is 0 Å². The minimum atomic E-state index is -0.670. The van der Waals surface area contributed by atoms with Crippen molar-refractivity contribution in [2.24, 2.45) is 7.05 Å². The number of carbonyl (C=O) groups excluding carboxylic acids is 1. The molecule has 1 amide bonds. The molecule has 0 aliphatic carbocycles. The van der Waals surface area contributed by atoms with Gasteiger partial charge in [0.25, 0.3) is 0 Å². The van der Waals surface area contributed by atoms with Crippen molar-refractivity contribution in [3.8, 4) is 0 Å². The minimum Gasteiger partial charge on any atom is -0.467 e. The van der Waals surface area contributed by atoms with E-state index in [4.69, 9.17) is 4.42 Å². The number of hydrogen-bond donors (Lipinski definition) is 1. The second-order valence-electron chi connectivity index (χ2n) is 6.56. The molecule has 0 spiro atoms. The van der Waals surface area contributed by atoms with Crippen LogP contribution in [0.25, 0.3) is 0 Å². The molecule has 24 heavy (non-hydrogen) atoms. The van der Waals surface area contributed by atoms with Crippen molar-refractivity contribution < 1.29 is 14.3 Å². The van der Waals surface area contributed by atoms with Crippen LogP contribution in [0.4, 0.5) is 0 Å². The summed E-state index contributed by atoms with van der Waals surface area (Å²) in [6.07, 6.45) is 9.56. The number of aryl methyl sites for hydroxylation is 1. The lowest BCUT2D eigenvalue weighted by Gasteiger charge is -2.31. The molecule has 2 aromatic heterocycles. The summed E-state index contributed by atoms with van der Waals surface area (Å²) in [5.41, 5.74) is 0.928. The molecule has 0 bridgehead atoms. The first-order valence-corrected chi connectivity index (χ1v) is 8.62. The number of aromatic nitrogens is 2. The van der Waals surface area contributed by atoms with Gasteiger partial charge in [0, 0.05) is 32.3 Å². The molecule has 2 atom stereocenters. The Kier molecular flexibility index (Phi) is 5.35. The maximum absolute atomic E-state index is 12.8. The van der Waals surface area contributed by atoms with E-state index in [1.165, 1.54) is 0 Å². The molecule has 1 fully saturated rings. The Morgan fingerprint density at radius 2 is 2.33 bits per heavy atom. The lowest BCUT2D eigenvalue weighted by atomic mass is 10.0. The molecule has 3 rings (SSSR count). The SMILES string of the molecule is Cn1cc(CC(=O)N2CCCCC[C@H]2C[C@H](O)c2ccco2)cn1. The lowest BCUT2D eigenvalue weighted by molar-refractivity contribution is -0.133. The Balaban J connectivity index is 1.68. The highest BCUT2D eigenvalue weighted by Gasteiger charge is 2.28. The van der Waals surface area contributed by atoms with Gasteiger partial charge in [0.2, 0.25) is 5.91 Å². The van der Waals surface area contributed by atoms with Crippen molar-refractivity contribution in [2.75, 3.05) is 6.54 Å². The zero-order valence-electron chi connectivity index (χ0n) is 14.1. The highest BCUT2D eigenvalue weighted by molar-refractivity contribution is 5.79. The van der Waals surface area contributed by atoms with Crippen LogP contribution in [0.1, 0.15) is 49.5 Å². The van der Waals surface area contributed by atoms with E-state index in [9.17, 15) is 9.90 Å². The molecular weight excluding hydrogens is 306 g/mol. The van der Waals surface area contributed by atoms with Crippen LogP contribution in [0.3, 0.4) is 0 Å². The molecule has 1 N–H and O–H groups in total. The van der Waals surface area contributed by atoms with Crippen molar-refractivity contribution in [3.63, 3.8) is 0 Å². The van der Waals surface area contributed by atoms with Crippen molar-refractivity contribution in [3.05, 3.63) is 42.1 Å². The fourth-order valence-electron chi connectivity index (χ4n) is 3.44. The van der Waals surface area contributed by atoms with E-state index in [2.05, 4.69) is 5.10 Å². The van der Waals surface area contributed by atoms with Gasteiger partial charge in [-0.2, -0.15) is 5.10 Å². The van der Waals surface area contributed by atoms with E-state index in [-0.39, 0.29) is 11.9 Å². The van der Waals surface area contributed by atoms with Gasteiger partial charge in [-0.05, 0) is 30.5 Å². The fourth-order valence-corrected chi connectivity index (χ4v) is 3.44. The molecule has 3 heterocycles. The van der Waals surface area contributed by atoms with E-state index in [0.717, 1.165) is 37.8 Å². The lowest BCUT2D eigenvalue weighted by Crippen LogP contribution is -2.41. The quantitative estimate of drug-likeness (QED) is 0.913. The zero-order valence-corrected chi connectivity index (χ0v) is 14.1. The molecule has 0 saturated carbocycles. The molecule has 1 saturated heterocycles. The summed E-state index contributed by atoms with van der Waals surface area (Å²) in [6.45, 7) is 0.759. The smallest absolute Gasteiger partial charge is 0.227 e. The third-order valence-corrected chi connectivity index (χ3v) is 4.68. The third kappa shape index (κ3) is 4.06. The van der Waals surface area contributed by atoms with Crippen LogP contribution in [0, 0.1) is 0 Å². The molecule has 2 aromatic rings. The molecule has 0 aromatic carbocycles. The average molecular weight is 331 g/mol. The van der Waals surface area contributed by atoms with Crippen molar-refractivity contribution in [1.29, 1.82) is 0 Å². The first kappa shape index (κ1) is 16.8. The van der Waals surface area contributed by atoms with Gasteiger partial charge >= 0.3 is 0 Å². The average Bonchev–Trinajstić information content (AvgIpc) is 3.16. The Morgan fingerprint density at radius 3 is 3.04 bits per heavy atom. The topological polar surface area (TPSA) is 71.5 Å². The predicted octanol–water partition coefficient (Wildman–Crippen LogP) is 2.45. The van der Waals surface area contributed by atoms with E-state index in [1.54, 1.807) is 29.3 Å². The van der Waals surface area contributed by atoms with Gasteiger partial charge in [0.05, 0.1) is 18.9 Å². The number of aliphatic hydroxyl groups excluding tert-OH is 1. The summed E-state index contributed by atoms with van der Waals surface area (Å²) in [6, 6.07) is 3.61. The van der Waals surface area contributed by atoms with Crippen LogP contribution < -0.4 is 0 Å². The first-order chi connectivity index (χ1) is 11.6. The molecule has 6 nitrogen and oxygen atoms in total. The summed E-state index contributed by atoms with van der Waals surface area (Å²) in [7, 11) is 1.85. The monoisotopic (exact) mass is 331 g/mol. The van der Waals surface area contributed by atoms with E-state index in [0.29, 0.717) is 18.6 Å². The summed E-state index contributed by atoms with van der Waals surface area (Å²) < 4.78 is 7.01. The molecule has 6 heteroatoms. The van der Waals surface area contributed by atoms with E-state index >= 15 is 0 Å². The predicted molar refractivity (Wildman–Crippen MR) is 89.2 cm³/mol. The number of amides is 1. The van der Waals surface area contributed by atoms with Crippen molar-refractivity contribution in [2.45, 2.75) is 50.7 Å². The number of aliphatic hydroxyl groups is 1. The van der Waals surface area contributed by atoms with Crippen LogP contribution in [-0.2, 0) is 18.3 Å². The van der Waals surface area contributed by atoms with Gasteiger partial charge in [-0.15, -0.1) is 0 Å². The molecule has 130 valence electrons. The molecule has 1 aliphatic heterocycles. The Labute approximate surface area is 142 Å². The maximum Gasteiger partial charge on any atom is 0.227 e. The first-order valence-electron chi connectivity index (χ1n) is 8.62. The van der Waals surface area contributed by atoms with Gasteiger partial charge in [0.1, 0.15) is 11.9 Å². The summed E-state index contributed by atoms with van der Waals surface area (Å²) in [5.74, 6) is 0.681. The van der Waals surface area contributed by atoms with Crippen LogP contribution in [0.5, 0.6) is 0 Å². The summed E-state index contributed by atoms with van der Waals surface area (Å²) in [5, 5.41) is 14.5. The van der Waals surface area contributed by atoms with Crippen molar-refractivity contribution in [1.82, 2.24) is 14.7 Å². The number of carbonyl (C=O) groups is 1. The zero-order chi connectivity index (χ0) is 16.9. The van der Waals surface area contributed by atoms with Gasteiger partial charge in [-0.25, -0.2) is 0 Å². The Hall–Kier alpha value is -2.08. The summed E-state index contributed by atoms with van der Waals surface area (Å²) >= 11 is 0. The number of furan rings is 1. The van der Waals surface area contributed by atoms with Gasteiger partial charge in [-0.3, -0.25) is 9.48 Å². The van der Waals surface area contributed by atoms with Crippen LogP contribution >= 0.6 is 0 Å². The summed E-state index contributed by atoms with van der Waals surface area (Å²) in [4.78, 5) is 14.7. The highest BCUT2D eigenvalue weighted by atomic mass is 16.4. The second kappa shape index (κ2) is 7.66. The second-order valence-corrected chi connectivity index (χ2v) is 6.56. The maximum atomic E-state index is 12.8. The highest BCUT2D eigenvalue weighted by Crippen LogP contribution is 2.27. The van der Waals surface area contributed by atoms with E-state index in [1.807, 2.05) is 18.1 Å². The van der Waals surface area contributed by atoms with Gasteiger partial charge in [-0.1, -0.05) is 12.8 Å². The van der Waals surface area contributed by atoms with Crippen LogP contribution in [-0.4, -0.2) is 38.3 Å². The molecule has 0 unspecified atom stereocenters. The van der Waals surface area contributed by atoms with Gasteiger partial charge < -0.3 is 14.4 Å². The third-order valence-electron chi connectivity index (χ3n) is 4.68. The number of nitrogens with zero attached hydrogens (tertiary/aromatic N) is 3. The molecule has 0 radical (unpaired) electrons. The normalized spacial score (nSPS) is 19.9. The van der Waals surface area contributed by atoms with E-state index < -0.39 is 6.10 Å². The Morgan fingerprint density at radius 1 is 1.46 bits per heavy atom. The molecule has 1 aliphatic rings. The standard InChI is InChI=1S/C18H25N3O3/c1-20-13-14(12-19-20)10-18(23)21-8-4-2-3-6-15(21)11-16(22)17-7-5-9-24-17/h5,7,9,12-13,15-16,22H,2-4,6,8,10-11H2,1H3/t15-,16-/m0/s1. The van der Waals surface area contributed by atoms with Crippen LogP contribution in [0.15, 0.2) is 35.2 Å². The van der Waals surface area contributed by atoms with Gasteiger partial charge in [0.15, 0.2) is 0 Å². The number of hydrogen-bond acceptors (Lipinski definition) is 4. The van der Waals surface area contributed by atoms with Crippen molar-refractivity contribution >= 4 is 5.91 Å². The minimum absolute atomic E-state index is 0.0526. The molecular formula is C18H25N3O3. The fraction of sp³-hybridized carbons (Fsp3) is 0.556. The number of rotatable bonds is 5. The number of likely N-dealkylation sites (tertiary alicyclic amines) is 1. The Bertz CT molecular complexity index is 650. The largest absolute Gasteiger partial charge is 0.467 e.